The Balaban J connectivity index is 2.01. The fourth-order valence-electron chi connectivity index (χ4n) is 1.48. The molecule has 0 bridgehead atoms. The Kier molecular flexibility index (Phi) is 3.94. The van der Waals surface area contributed by atoms with Crippen LogP contribution in [0.2, 0.25) is 0 Å². The number of rotatable bonds is 4. The first kappa shape index (κ1) is 13.5. The Morgan fingerprint density at radius 1 is 1.35 bits per heavy atom. The molecular weight excluding hydrogens is 260 g/mol. The van der Waals surface area contributed by atoms with Crippen molar-refractivity contribution in [2.75, 3.05) is 18.1 Å². The number of carbonyl (C=O) groups excluding carboxylic acids is 2. The lowest BCUT2D eigenvalue weighted by atomic mass is 10.3. The first-order valence-corrected chi connectivity index (χ1v) is 5.84. The lowest BCUT2D eigenvalue weighted by Crippen LogP contribution is -2.23. The maximum Gasteiger partial charge on any atom is 0.274 e. The van der Waals surface area contributed by atoms with Gasteiger partial charge in [-0.15, -0.1) is 0 Å². The molecule has 20 heavy (non-hydrogen) atoms. The predicted octanol–water partition coefficient (Wildman–Crippen LogP) is -0.141. The fourth-order valence-corrected chi connectivity index (χ4v) is 1.48. The van der Waals surface area contributed by atoms with Crippen LogP contribution in [-0.2, 0) is 11.3 Å². The minimum Gasteiger partial charge on any atom is -0.397 e. The van der Waals surface area contributed by atoms with Crippen molar-refractivity contribution in [1.29, 1.82) is 0 Å². The number of amides is 2. The Bertz CT molecular complexity index is 619. The molecule has 104 valence electrons. The van der Waals surface area contributed by atoms with Crippen LogP contribution in [0, 0.1) is 0 Å². The lowest BCUT2D eigenvalue weighted by Gasteiger charge is -2.02. The summed E-state index contributed by atoms with van der Waals surface area (Å²) in [7, 11) is 1.54. The van der Waals surface area contributed by atoms with E-state index in [2.05, 4.69) is 20.7 Å². The summed E-state index contributed by atoms with van der Waals surface area (Å²) in [6.07, 6.45) is 4.42. The van der Waals surface area contributed by atoms with E-state index in [9.17, 15) is 9.59 Å². The second kappa shape index (κ2) is 5.83. The van der Waals surface area contributed by atoms with Gasteiger partial charge in [0, 0.05) is 13.2 Å². The van der Waals surface area contributed by atoms with E-state index in [-0.39, 0.29) is 24.1 Å². The third-order valence-electron chi connectivity index (χ3n) is 2.49. The summed E-state index contributed by atoms with van der Waals surface area (Å²) in [6, 6.07) is 3.12. The summed E-state index contributed by atoms with van der Waals surface area (Å²) in [6.45, 7) is 0.0898. The molecule has 2 rings (SSSR count). The molecule has 8 nitrogen and oxygen atoms in total. The number of pyridine rings is 1. The number of carbonyl (C=O) groups is 2. The van der Waals surface area contributed by atoms with Gasteiger partial charge >= 0.3 is 0 Å². The molecule has 0 spiro atoms. The molecule has 2 amide bonds. The van der Waals surface area contributed by atoms with Gasteiger partial charge in [-0.1, -0.05) is 0 Å². The van der Waals surface area contributed by atoms with E-state index in [1.165, 1.54) is 23.1 Å². The van der Waals surface area contributed by atoms with E-state index in [1.807, 2.05) is 0 Å². The molecule has 2 aromatic heterocycles. The summed E-state index contributed by atoms with van der Waals surface area (Å²) >= 11 is 0. The molecule has 0 aliphatic rings. The number of nitrogens with zero attached hydrogens (tertiary/aromatic N) is 3. The minimum absolute atomic E-state index is 0.0898. The summed E-state index contributed by atoms with van der Waals surface area (Å²) in [5.41, 5.74) is 6.72. The molecule has 0 aromatic carbocycles. The zero-order valence-corrected chi connectivity index (χ0v) is 10.8. The van der Waals surface area contributed by atoms with Crippen molar-refractivity contribution in [3.8, 4) is 0 Å². The SMILES string of the molecule is CNC(=O)Cn1cc(NC(=O)c2ccc(N)cn2)cn1. The second-order valence-corrected chi connectivity index (χ2v) is 4.03. The number of likely N-dealkylation sites (N-methyl/N-ethyl adjacent to an activating group) is 1. The minimum atomic E-state index is -0.371. The van der Waals surface area contributed by atoms with Gasteiger partial charge in [-0.2, -0.15) is 5.10 Å². The Morgan fingerprint density at radius 2 is 2.15 bits per heavy atom. The molecule has 0 saturated heterocycles. The monoisotopic (exact) mass is 274 g/mol. The standard InChI is InChI=1S/C12H14N6O2/c1-14-11(19)7-18-6-9(5-16-18)17-12(20)10-3-2-8(13)4-15-10/h2-6H,7,13H2,1H3,(H,14,19)(H,17,20). The van der Waals surface area contributed by atoms with Crippen molar-refractivity contribution in [1.82, 2.24) is 20.1 Å². The van der Waals surface area contributed by atoms with Crippen molar-refractivity contribution >= 4 is 23.2 Å². The van der Waals surface area contributed by atoms with E-state index in [0.717, 1.165) is 0 Å². The van der Waals surface area contributed by atoms with Gasteiger partial charge in [0.2, 0.25) is 5.91 Å². The smallest absolute Gasteiger partial charge is 0.274 e. The zero-order chi connectivity index (χ0) is 14.5. The van der Waals surface area contributed by atoms with E-state index < -0.39 is 0 Å². The van der Waals surface area contributed by atoms with E-state index in [0.29, 0.717) is 11.4 Å². The lowest BCUT2D eigenvalue weighted by molar-refractivity contribution is -0.121. The number of nitrogen functional groups attached to an aromatic ring is 1. The fraction of sp³-hybridized carbons (Fsp3) is 0.167. The average Bonchev–Trinajstić information content (AvgIpc) is 2.86. The highest BCUT2D eigenvalue weighted by molar-refractivity contribution is 6.02. The maximum absolute atomic E-state index is 11.9. The summed E-state index contributed by atoms with van der Waals surface area (Å²) in [4.78, 5) is 27.0. The normalized spacial score (nSPS) is 10.1. The van der Waals surface area contributed by atoms with E-state index >= 15 is 0 Å². The molecule has 2 heterocycles. The van der Waals surface area contributed by atoms with Gasteiger partial charge in [0.25, 0.3) is 5.91 Å². The van der Waals surface area contributed by atoms with Crippen LogP contribution in [0.1, 0.15) is 10.5 Å². The first-order valence-electron chi connectivity index (χ1n) is 5.84. The zero-order valence-electron chi connectivity index (χ0n) is 10.8. The van der Waals surface area contributed by atoms with Gasteiger partial charge in [0.15, 0.2) is 0 Å². The third-order valence-corrected chi connectivity index (χ3v) is 2.49. The van der Waals surface area contributed by atoms with Gasteiger partial charge in [-0.3, -0.25) is 14.3 Å². The molecule has 8 heteroatoms. The van der Waals surface area contributed by atoms with Crippen LogP contribution in [0.25, 0.3) is 0 Å². The molecule has 0 aliphatic carbocycles. The Hall–Kier alpha value is -2.90. The molecule has 0 radical (unpaired) electrons. The van der Waals surface area contributed by atoms with Crippen LogP contribution in [-0.4, -0.2) is 33.6 Å². The number of hydrogen-bond acceptors (Lipinski definition) is 5. The van der Waals surface area contributed by atoms with Crippen LogP contribution >= 0.6 is 0 Å². The van der Waals surface area contributed by atoms with Gasteiger partial charge in [0.05, 0.1) is 23.8 Å². The number of nitrogens with one attached hydrogen (secondary N) is 2. The molecule has 0 saturated carbocycles. The second-order valence-electron chi connectivity index (χ2n) is 4.03. The van der Waals surface area contributed by atoms with Crippen molar-refractivity contribution in [2.24, 2.45) is 0 Å². The first-order chi connectivity index (χ1) is 9.58. The average molecular weight is 274 g/mol. The molecule has 0 fully saturated rings. The van der Waals surface area contributed by atoms with E-state index in [1.54, 1.807) is 19.3 Å². The number of aromatic nitrogens is 3. The number of anilines is 2. The molecule has 0 atom stereocenters. The molecule has 4 N–H and O–H groups in total. The number of hydrogen-bond donors (Lipinski definition) is 3. The molecule has 0 aliphatic heterocycles. The molecule has 0 unspecified atom stereocenters. The largest absolute Gasteiger partial charge is 0.397 e. The van der Waals surface area contributed by atoms with Crippen LogP contribution in [0.4, 0.5) is 11.4 Å². The van der Waals surface area contributed by atoms with E-state index in [4.69, 9.17) is 5.73 Å². The van der Waals surface area contributed by atoms with Gasteiger partial charge in [0.1, 0.15) is 12.2 Å². The van der Waals surface area contributed by atoms with Crippen molar-refractivity contribution < 1.29 is 9.59 Å². The third kappa shape index (κ3) is 3.31. The van der Waals surface area contributed by atoms with Crippen molar-refractivity contribution in [2.45, 2.75) is 6.54 Å². The summed E-state index contributed by atoms with van der Waals surface area (Å²) in [5.74, 6) is -0.546. The van der Waals surface area contributed by atoms with Crippen molar-refractivity contribution in [3.63, 3.8) is 0 Å². The van der Waals surface area contributed by atoms with Crippen LogP contribution in [0.3, 0.4) is 0 Å². The highest BCUT2D eigenvalue weighted by Crippen LogP contribution is 2.08. The van der Waals surface area contributed by atoms with Gasteiger partial charge in [-0.05, 0) is 12.1 Å². The van der Waals surface area contributed by atoms with Crippen molar-refractivity contribution in [3.05, 3.63) is 36.4 Å². The Labute approximate surface area is 115 Å². The maximum atomic E-state index is 11.9. The molecular formula is C12H14N6O2. The molecule has 2 aromatic rings. The predicted molar refractivity (Wildman–Crippen MR) is 72.9 cm³/mol. The summed E-state index contributed by atoms with van der Waals surface area (Å²) in [5, 5.41) is 9.08. The topological polar surface area (TPSA) is 115 Å². The number of nitrogens with two attached hydrogens (primary N) is 1. The van der Waals surface area contributed by atoms with Gasteiger partial charge in [-0.25, -0.2) is 4.98 Å². The Morgan fingerprint density at radius 3 is 2.80 bits per heavy atom. The van der Waals surface area contributed by atoms with Crippen LogP contribution < -0.4 is 16.4 Å². The summed E-state index contributed by atoms with van der Waals surface area (Å²) < 4.78 is 1.42. The highest BCUT2D eigenvalue weighted by Gasteiger charge is 2.09. The van der Waals surface area contributed by atoms with Crippen LogP contribution in [0.15, 0.2) is 30.7 Å². The van der Waals surface area contributed by atoms with Crippen LogP contribution in [0.5, 0.6) is 0 Å². The van der Waals surface area contributed by atoms with Gasteiger partial charge < -0.3 is 16.4 Å². The quantitative estimate of drug-likeness (QED) is 0.717. The highest BCUT2D eigenvalue weighted by atomic mass is 16.2.